The van der Waals surface area contributed by atoms with Gasteiger partial charge in [-0.25, -0.2) is 4.39 Å². The maximum absolute atomic E-state index is 14.0. The first-order valence-electron chi connectivity index (χ1n) is 9.96. The summed E-state index contributed by atoms with van der Waals surface area (Å²) in [4.78, 5) is 0. The molecule has 0 aliphatic carbocycles. The molecule has 1 spiro atoms. The fourth-order valence-electron chi connectivity index (χ4n) is 4.61. The van der Waals surface area contributed by atoms with Gasteiger partial charge in [-0.15, -0.1) is 12.4 Å². The van der Waals surface area contributed by atoms with E-state index in [1.54, 1.807) is 12.1 Å². The van der Waals surface area contributed by atoms with Gasteiger partial charge in [0.05, 0.1) is 24.4 Å². The lowest BCUT2D eigenvalue weighted by Crippen LogP contribution is -2.48. The highest BCUT2D eigenvalue weighted by Gasteiger charge is 2.49. The first-order valence-corrected chi connectivity index (χ1v) is 9.96. The number of hydrogen-bond acceptors (Lipinski definition) is 3. The van der Waals surface area contributed by atoms with Crippen molar-refractivity contribution in [3.8, 4) is 5.75 Å². The van der Waals surface area contributed by atoms with Gasteiger partial charge in [0.2, 0.25) is 0 Å². The van der Waals surface area contributed by atoms with Gasteiger partial charge in [-0.1, -0.05) is 30.3 Å². The molecule has 0 saturated carbocycles. The quantitative estimate of drug-likeness (QED) is 0.738. The minimum absolute atomic E-state index is 0. The van der Waals surface area contributed by atoms with Crippen molar-refractivity contribution in [2.45, 2.75) is 56.8 Å². The summed E-state index contributed by atoms with van der Waals surface area (Å²) in [5.74, 6) is 0.695. The monoisotopic (exact) mass is 405 g/mol. The van der Waals surface area contributed by atoms with Gasteiger partial charge in [-0.3, -0.25) is 0 Å². The van der Waals surface area contributed by atoms with Gasteiger partial charge >= 0.3 is 0 Å². The molecule has 2 heterocycles. The molecule has 3 atom stereocenters. The van der Waals surface area contributed by atoms with E-state index in [1.807, 2.05) is 19.9 Å². The van der Waals surface area contributed by atoms with Crippen molar-refractivity contribution in [2.24, 2.45) is 0 Å². The van der Waals surface area contributed by atoms with E-state index in [1.165, 1.54) is 11.6 Å². The topological polar surface area (TPSA) is 30.5 Å². The minimum Gasteiger partial charge on any atom is -0.491 e. The van der Waals surface area contributed by atoms with Gasteiger partial charge < -0.3 is 14.8 Å². The normalized spacial score (nSPS) is 27.0. The van der Waals surface area contributed by atoms with Gasteiger partial charge in [-0.2, -0.15) is 0 Å². The Labute approximate surface area is 173 Å². The zero-order chi connectivity index (χ0) is 18.9. The van der Waals surface area contributed by atoms with Crippen molar-refractivity contribution in [2.75, 3.05) is 13.2 Å². The van der Waals surface area contributed by atoms with E-state index in [-0.39, 0.29) is 41.9 Å². The number of ether oxygens (including phenoxy) is 2. The molecule has 5 heteroatoms. The molecule has 2 aromatic carbocycles. The van der Waals surface area contributed by atoms with E-state index in [2.05, 4.69) is 29.6 Å². The molecule has 2 aliphatic rings. The number of benzene rings is 2. The fraction of sp³-hybridized carbons (Fsp3) is 0.478. The van der Waals surface area contributed by atoms with E-state index in [0.717, 1.165) is 37.1 Å². The third-order valence-corrected chi connectivity index (χ3v) is 5.72. The Kier molecular flexibility index (Phi) is 6.64. The second kappa shape index (κ2) is 8.81. The van der Waals surface area contributed by atoms with Crippen LogP contribution in [0.4, 0.5) is 4.39 Å². The molecule has 2 aromatic rings. The van der Waals surface area contributed by atoms with Gasteiger partial charge in [0.15, 0.2) is 0 Å². The van der Waals surface area contributed by atoms with Crippen LogP contribution in [-0.2, 0) is 4.74 Å². The number of piperidine rings is 1. The first kappa shape index (κ1) is 21.1. The molecular weight excluding hydrogens is 377 g/mol. The molecule has 0 amide bonds. The molecule has 4 rings (SSSR count). The fourth-order valence-corrected chi connectivity index (χ4v) is 4.61. The molecule has 0 radical (unpaired) electrons. The van der Waals surface area contributed by atoms with Crippen LogP contribution in [-0.4, -0.2) is 24.9 Å². The Morgan fingerprint density at radius 2 is 1.96 bits per heavy atom. The van der Waals surface area contributed by atoms with Crippen LogP contribution in [0.3, 0.4) is 0 Å². The van der Waals surface area contributed by atoms with Crippen LogP contribution in [0.5, 0.6) is 5.75 Å². The molecule has 1 N–H and O–H groups in total. The highest BCUT2D eigenvalue weighted by molar-refractivity contribution is 5.85. The first-order chi connectivity index (χ1) is 13.1. The van der Waals surface area contributed by atoms with Crippen molar-refractivity contribution in [1.82, 2.24) is 5.32 Å². The summed E-state index contributed by atoms with van der Waals surface area (Å²) in [6.07, 6.45) is 3.04. The molecular formula is C23H29ClFNO2. The molecule has 28 heavy (non-hydrogen) atoms. The molecule has 3 nitrogen and oxygen atoms in total. The van der Waals surface area contributed by atoms with Crippen molar-refractivity contribution in [3.05, 3.63) is 65.5 Å². The van der Waals surface area contributed by atoms with Gasteiger partial charge in [0, 0.05) is 11.5 Å². The van der Waals surface area contributed by atoms with Crippen LogP contribution in [0, 0.1) is 5.82 Å². The third kappa shape index (κ3) is 4.19. The second-order valence-corrected chi connectivity index (χ2v) is 8.03. The molecule has 0 aromatic heterocycles. The lowest BCUT2D eigenvalue weighted by molar-refractivity contribution is -0.0484. The highest BCUT2D eigenvalue weighted by Crippen LogP contribution is 2.49. The summed E-state index contributed by atoms with van der Waals surface area (Å²) >= 11 is 0. The van der Waals surface area contributed by atoms with Crippen molar-refractivity contribution < 1.29 is 13.9 Å². The number of rotatable bonds is 4. The Balaban J connectivity index is 0.00000225. The molecule has 0 unspecified atom stereocenters. The Hall–Kier alpha value is -1.62. The van der Waals surface area contributed by atoms with Crippen LogP contribution >= 0.6 is 12.4 Å². The van der Waals surface area contributed by atoms with Crippen molar-refractivity contribution >= 4 is 12.4 Å². The van der Waals surface area contributed by atoms with E-state index in [9.17, 15) is 4.39 Å². The minimum atomic E-state index is -0.244. The van der Waals surface area contributed by atoms with Crippen LogP contribution < -0.4 is 10.1 Å². The SMILES string of the molecule is CC(C)Oc1ccc(F)cc1[C@@H]1CO[C@]2(CCCN[C@H]2c2ccccc2)C1.Cl. The van der Waals surface area contributed by atoms with E-state index >= 15 is 0 Å². The van der Waals surface area contributed by atoms with Crippen molar-refractivity contribution in [3.63, 3.8) is 0 Å². The van der Waals surface area contributed by atoms with Gasteiger partial charge in [-0.05, 0) is 63.4 Å². The number of nitrogens with one attached hydrogen (secondary N) is 1. The van der Waals surface area contributed by atoms with Crippen LogP contribution in [0.2, 0.25) is 0 Å². The lowest BCUT2D eigenvalue weighted by atomic mass is 9.77. The summed E-state index contributed by atoms with van der Waals surface area (Å²) in [7, 11) is 0. The second-order valence-electron chi connectivity index (χ2n) is 8.03. The largest absolute Gasteiger partial charge is 0.491 e. The van der Waals surface area contributed by atoms with Gasteiger partial charge in [0.1, 0.15) is 11.6 Å². The summed E-state index contributed by atoms with van der Waals surface area (Å²) in [5.41, 5.74) is 1.94. The lowest BCUT2D eigenvalue weighted by Gasteiger charge is -2.41. The average molecular weight is 406 g/mol. The molecule has 2 saturated heterocycles. The van der Waals surface area contributed by atoms with Crippen LogP contribution in [0.15, 0.2) is 48.5 Å². The average Bonchev–Trinajstić information content (AvgIpc) is 3.08. The summed E-state index contributed by atoms with van der Waals surface area (Å²) < 4.78 is 26.4. The molecule has 0 bridgehead atoms. The molecule has 2 fully saturated rings. The Morgan fingerprint density at radius 1 is 1.18 bits per heavy atom. The summed E-state index contributed by atoms with van der Waals surface area (Å²) in [6.45, 7) is 5.59. The van der Waals surface area contributed by atoms with Crippen molar-refractivity contribution in [1.29, 1.82) is 0 Å². The predicted octanol–water partition coefficient (Wildman–Crippen LogP) is 5.40. The Morgan fingerprint density at radius 3 is 2.71 bits per heavy atom. The Bertz CT molecular complexity index is 785. The van der Waals surface area contributed by atoms with Gasteiger partial charge in [0.25, 0.3) is 0 Å². The zero-order valence-electron chi connectivity index (χ0n) is 16.5. The van der Waals surface area contributed by atoms with E-state index < -0.39 is 0 Å². The molecule has 2 aliphatic heterocycles. The highest BCUT2D eigenvalue weighted by atomic mass is 35.5. The third-order valence-electron chi connectivity index (χ3n) is 5.72. The zero-order valence-corrected chi connectivity index (χ0v) is 17.3. The summed E-state index contributed by atoms with van der Waals surface area (Å²) in [5, 5.41) is 3.67. The summed E-state index contributed by atoms with van der Waals surface area (Å²) in [6, 6.07) is 15.5. The van der Waals surface area contributed by atoms with Crippen LogP contribution in [0.25, 0.3) is 0 Å². The molecule has 152 valence electrons. The standard InChI is InChI=1S/C23H28FNO2.ClH/c1-16(2)27-21-10-9-19(24)13-20(21)18-14-23(26-15-18)11-6-12-25-22(23)17-7-4-3-5-8-17;/h3-5,7-10,13,16,18,22,25H,6,11-12,14-15H2,1-2H3;1H/t18-,22-,23+;/m0./s1. The van der Waals surface area contributed by atoms with E-state index in [0.29, 0.717) is 6.61 Å². The smallest absolute Gasteiger partial charge is 0.123 e. The van der Waals surface area contributed by atoms with E-state index in [4.69, 9.17) is 9.47 Å². The predicted molar refractivity (Wildman–Crippen MR) is 112 cm³/mol. The number of hydrogen-bond donors (Lipinski definition) is 1. The number of halogens is 2. The maximum Gasteiger partial charge on any atom is 0.123 e. The van der Waals surface area contributed by atoms with Crippen LogP contribution in [0.1, 0.15) is 56.2 Å². The maximum atomic E-state index is 14.0.